The Morgan fingerprint density at radius 2 is 1.94 bits per heavy atom. The van der Waals surface area contributed by atoms with E-state index in [0.29, 0.717) is 0 Å². The summed E-state index contributed by atoms with van der Waals surface area (Å²) in [6.07, 6.45) is 5.85. The van der Waals surface area contributed by atoms with Crippen LogP contribution in [0.5, 0.6) is 0 Å². The molecule has 3 aromatic rings. The van der Waals surface area contributed by atoms with Gasteiger partial charge in [-0.05, 0) is 36.1 Å². The van der Waals surface area contributed by atoms with Crippen molar-refractivity contribution in [1.82, 2.24) is 4.98 Å². The number of aryl methyl sites for hydroxylation is 2. The van der Waals surface area contributed by atoms with Crippen LogP contribution in [-0.2, 0) is 7.05 Å². The minimum absolute atomic E-state index is 1.22. The second-order valence-corrected chi connectivity index (χ2v) is 4.53. The van der Waals surface area contributed by atoms with E-state index >= 15 is 0 Å². The Balaban J connectivity index is 2.31. The molecule has 0 unspecified atom stereocenters. The summed E-state index contributed by atoms with van der Waals surface area (Å²) in [4.78, 5) is 4.22. The predicted molar refractivity (Wildman–Crippen MR) is 73.1 cm³/mol. The minimum Gasteiger partial charge on any atom is -0.264 e. The summed E-state index contributed by atoms with van der Waals surface area (Å²) in [6.45, 7) is 2.16. The van der Waals surface area contributed by atoms with Crippen LogP contribution in [0.3, 0.4) is 0 Å². The summed E-state index contributed by atoms with van der Waals surface area (Å²) in [5.74, 6) is 0. The van der Waals surface area contributed by atoms with Gasteiger partial charge in [0, 0.05) is 35.5 Å². The molecule has 0 saturated heterocycles. The summed E-state index contributed by atoms with van der Waals surface area (Å²) >= 11 is 0. The van der Waals surface area contributed by atoms with Gasteiger partial charge in [0.15, 0.2) is 6.20 Å². The molecular weight excluding hydrogens is 220 g/mol. The summed E-state index contributed by atoms with van der Waals surface area (Å²) in [5, 5.41) is 2.46. The van der Waals surface area contributed by atoms with Gasteiger partial charge < -0.3 is 0 Å². The Bertz CT molecular complexity index is 717. The van der Waals surface area contributed by atoms with Crippen molar-refractivity contribution in [2.24, 2.45) is 7.05 Å². The second-order valence-electron chi connectivity index (χ2n) is 4.53. The fraction of sp³-hybridized carbons (Fsp3) is 0.125. The molecule has 0 fully saturated rings. The molecule has 0 saturated carbocycles. The molecule has 2 heteroatoms. The predicted octanol–water partition coefficient (Wildman–Crippen LogP) is 3.03. The lowest BCUT2D eigenvalue weighted by Crippen LogP contribution is -2.30. The number of pyridine rings is 2. The maximum atomic E-state index is 4.22. The fourth-order valence-electron chi connectivity index (χ4n) is 2.39. The molecule has 2 heterocycles. The van der Waals surface area contributed by atoms with Gasteiger partial charge in [0.2, 0.25) is 5.69 Å². The van der Waals surface area contributed by atoms with E-state index in [-0.39, 0.29) is 0 Å². The zero-order chi connectivity index (χ0) is 12.5. The summed E-state index contributed by atoms with van der Waals surface area (Å²) < 4.78 is 2.14. The second kappa shape index (κ2) is 4.22. The number of rotatable bonds is 1. The number of aromatic nitrogens is 2. The number of nitrogens with zero attached hydrogens (tertiary/aromatic N) is 2. The Morgan fingerprint density at radius 1 is 1.06 bits per heavy atom. The highest BCUT2D eigenvalue weighted by Crippen LogP contribution is 2.26. The number of fused-ring (bicyclic) bond motifs is 1. The Hall–Kier alpha value is -2.22. The van der Waals surface area contributed by atoms with Crippen LogP contribution in [0, 0.1) is 6.92 Å². The SMILES string of the molecule is Cc1c(-c2cccc[n+]2C)ccc2ccncc12. The molecule has 0 N–H and O–H groups in total. The van der Waals surface area contributed by atoms with Gasteiger partial charge in [-0.15, -0.1) is 0 Å². The van der Waals surface area contributed by atoms with E-state index in [4.69, 9.17) is 0 Å². The average molecular weight is 235 g/mol. The lowest BCUT2D eigenvalue weighted by molar-refractivity contribution is -0.660. The van der Waals surface area contributed by atoms with Crippen LogP contribution in [0.4, 0.5) is 0 Å². The molecule has 2 nitrogen and oxygen atoms in total. The largest absolute Gasteiger partial charge is 0.264 e. The van der Waals surface area contributed by atoms with Crippen molar-refractivity contribution in [1.29, 1.82) is 0 Å². The van der Waals surface area contributed by atoms with Gasteiger partial charge >= 0.3 is 0 Å². The van der Waals surface area contributed by atoms with Crippen molar-refractivity contribution in [3.63, 3.8) is 0 Å². The van der Waals surface area contributed by atoms with E-state index in [1.807, 2.05) is 18.5 Å². The van der Waals surface area contributed by atoms with Gasteiger partial charge in [0.1, 0.15) is 7.05 Å². The molecule has 1 aromatic carbocycles. The highest BCUT2D eigenvalue weighted by Gasteiger charge is 2.12. The Morgan fingerprint density at radius 3 is 2.78 bits per heavy atom. The molecule has 0 aliphatic carbocycles. The lowest BCUT2D eigenvalue weighted by atomic mass is 9.99. The average Bonchev–Trinajstić information content (AvgIpc) is 2.41. The number of hydrogen-bond donors (Lipinski definition) is 0. The van der Waals surface area contributed by atoms with Crippen LogP contribution in [0.1, 0.15) is 5.56 Å². The van der Waals surface area contributed by atoms with E-state index in [1.165, 1.54) is 27.6 Å². The normalized spacial score (nSPS) is 10.8. The fourth-order valence-corrected chi connectivity index (χ4v) is 2.39. The van der Waals surface area contributed by atoms with Crippen LogP contribution in [0.25, 0.3) is 22.0 Å². The van der Waals surface area contributed by atoms with Crippen LogP contribution in [0.15, 0.2) is 55.0 Å². The molecular formula is C16H15N2+. The molecule has 0 bridgehead atoms. The first-order valence-electron chi connectivity index (χ1n) is 6.06. The molecule has 0 amide bonds. The van der Waals surface area contributed by atoms with Crippen LogP contribution < -0.4 is 4.57 Å². The third kappa shape index (κ3) is 1.66. The zero-order valence-corrected chi connectivity index (χ0v) is 10.6. The van der Waals surface area contributed by atoms with Crippen molar-refractivity contribution in [2.75, 3.05) is 0 Å². The lowest BCUT2D eigenvalue weighted by Gasteiger charge is -2.07. The van der Waals surface area contributed by atoms with Crippen molar-refractivity contribution in [2.45, 2.75) is 6.92 Å². The highest BCUT2D eigenvalue weighted by molar-refractivity contribution is 5.89. The first-order chi connectivity index (χ1) is 8.77. The van der Waals surface area contributed by atoms with Gasteiger partial charge in [-0.1, -0.05) is 6.07 Å². The van der Waals surface area contributed by atoms with E-state index in [0.717, 1.165) is 0 Å². The van der Waals surface area contributed by atoms with E-state index < -0.39 is 0 Å². The van der Waals surface area contributed by atoms with Gasteiger partial charge in [-0.25, -0.2) is 4.57 Å². The topological polar surface area (TPSA) is 16.8 Å². The summed E-state index contributed by atoms with van der Waals surface area (Å²) in [5.41, 5.74) is 3.77. The maximum Gasteiger partial charge on any atom is 0.212 e. The van der Waals surface area contributed by atoms with E-state index in [2.05, 4.69) is 60.1 Å². The minimum atomic E-state index is 1.22. The molecule has 0 aliphatic heterocycles. The number of hydrogen-bond acceptors (Lipinski definition) is 1. The van der Waals surface area contributed by atoms with Crippen molar-refractivity contribution in [3.05, 3.63) is 60.6 Å². The molecule has 0 radical (unpaired) electrons. The number of benzene rings is 1. The van der Waals surface area contributed by atoms with Crippen LogP contribution in [0.2, 0.25) is 0 Å². The smallest absolute Gasteiger partial charge is 0.212 e. The molecule has 18 heavy (non-hydrogen) atoms. The molecule has 0 spiro atoms. The molecule has 3 rings (SSSR count). The third-order valence-corrected chi connectivity index (χ3v) is 3.42. The highest BCUT2D eigenvalue weighted by atomic mass is 14.9. The van der Waals surface area contributed by atoms with Crippen molar-refractivity contribution in [3.8, 4) is 11.3 Å². The van der Waals surface area contributed by atoms with Crippen molar-refractivity contribution >= 4 is 10.8 Å². The van der Waals surface area contributed by atoms with Crippen LogP contribution in [-0.4, -0.2) is 4.98 Å². The summed E-state index contributed by atoms with van der Waals surface area (Å²) in [7, 11) is 2.07. The van der Waals surface area contributed by atoms with Gasteiger partial charge in [-0.3, -0.25) is 4.98 Å². The first-order valence-corrected chi connectivity index (χ1v) is 6.06. The third-order valence-electron chi connectivity index (χ3n) is 3.42. The zero-order valence-electron chi connectivity index (χ0n) is 10.6. The Kier molecular flexibility index (Phi) is 2.56. The van der Waals surface area contributed by atoms with E-state index in [9.17, 15) is 0 Å². The van der Waals surface area contributed by atoms with E-state index in [1.54, 1.807) is 0 Å². The maximum absolute atomic E-state index is 4.22. The standard InChI is InChI=1S/C16H15N2/c1-12-14(16-5-3-4-10-18(16)2)7-6-13-8-9-17-11-15(12)13/h3-11H,1-2H3/q+1. The van der Waals surface area contributed by atoms with Gasteiger partial charge in [-0.2, -0.15) is 0 Å². The van der Waals surface area contributed by atoms with Crippen molar-refractivity contribution < 1.29 is 4.57 Å². The monoisotopic (exact) mass is 235 g/mol. The Labute approximate surface area is 107 Å². The first kappa shape index (κ1) is 10.9. The summed E-state index contributed by atoms with van der Waals surface area (Å²) in [6, 6.07) is 12.7. The quantitative estimate of drug-likeness (QED) is 0.592. The van der Waals surface area contributed by atoms with Gasteiger partial charge in [0.25, 0.3) is 0 Å². The molecule has 88 valence electrons. The van der Waals surface area contributed by atoms with Crippen LogP contribution >= 0.6 is 0 Å². The molecule has 0 aliphatic rings. The molecule has 2 aromatic heterocycles. The molecule has 0 atom stereocenters. The van der Waals surface area contributed by atoms with Gasteiger partial charge in [0.05, 0.1) is 0 Å².